The average Bonchev–Trinajstić information content (AvgIpc) is 3.41. The third-order valence-corrected chi connectivity index (χ3v) is 16.1. The van der Waals surface area contributed by atoms with Crippen molar-refractivity contribution in [3.63, 3.8) is 0 Å². The number of primary amides is 1. The molecule has 12 atom stereocenters. The lowest BCUT2D eigenvalue weighted by Crippen LogP contribution is -2.70. The predicted octanol–water partition coefficient (Wildman–Crippen LogP) is 5.85. The molecule has 11 heteroatoms. The number of carbonyl (C=O) groups excluding carboxylic acids is 1. The molecule has 1 aromatic heterocycles. The van der Waals surface area contributed by atoms with Gasteiger partial charge in [0.05, 0.1) is 37.9 Å². The highest BCUT2D eigenvalue weighted by molar-refractivity contribution is 5.94. The maximum Gasteiger partial charge on any atom is 0.307 e. The Kier molecular flexibility index (Phi) is 8.96. The molecule has 50 heavy (non-hydrogen) atoms. The van der Waals surface area contributed by atoms with Crippen molar-refractivity contribution >= 4 is 17.7 Å². The first kappa shape index (κ1) is 37.3. The molecule has 280 valence electrons. The van der Waals surface area contributed by atoms with Gasteiger partial charge < -0.3 is 31.8 Å². The fraction of sp³-hybridized carbons (Fsp3) is 0.846. The minimum absolute atomic E-state index is 0.00977. The van der Waals surface area contributed by atoms with Gasteiger partial charge in [-0.1, -0.05) is 74.0 Å². The van der Waals surface area contributed by atoms with E-state index in [1.54, 1.807) is 4.80 Å². The van der Waals surface area contributed by atoms with Crippen molar-refractivity contribution in [3.8, 4) is 0 Å². The van der Waals surface area contributed by atoms with Crippen LogP contribution in [0, 0.1) is 62.6 Å². The van der Waals surface area contributed by atoms with E-state index < -0.39 is 40.3 Å². The average molecular weight is 697 g/mol. The first-order chi connectivity index (χ1) is 23.1. The quantitative estimate of drug-likeness (QED) is 0.230. The standard InChI is InChI=1S/C39H64N6O5/c1-21(2)23(5)35(7)15-16-36(8)24-11-12-27-34(6)17-26(45-43-28(32(41)46)31(40)44-45)30(50-19-38(10,42)22(3)4)39(27,20-49-18-34)25(24)13-14-37(36,9)29(35)33(47)48/h13,21-24,26-27,29-30H,11-12,14-20,42H2,1-10H3,(H2,40,44)(H2,41,46)(H,47,48)/t23-,24+,26-,27-,29-,30+,34-,35-,36-,37+,38+,39+/m1/s1. The number of anilines is 1. The molecule has 5 aliphatic rings. The van der Waals surface area contributed by atoms with Crippen molar-refractivity contribution in [1.82, 2.24) is 15.0 Å². The molecule has 1 aliphatic heterocycles. The molecule has 2 heterocycles. The molecule has 4 fully saturated rings. The molecule has 4 aliphatic carbocycles. The highest BCUT2D eigenvalue weighted by Crippen LogP contribution is 2.75. The molecule has 0 spiro atoms. The van der Waals surface area contributed by atoms with Crippen LogP contribution >= 0.6 is 0 Å². The number of ether oxygens (including phenoxy) is 2. The zero-order chi connectivity index (χ0) is 37.0. The van der Waals surface area contributed by atoms with Crippen molar-refractivity contribution < 1.29 is 24.2 Å². The number of aliphatic carboxylic acids is 1. The molecule has 0 radical (unpaired) electrons. The van der Waals surface area contributed by atoms with Crippen LogP contribution in [0.15, 0.2) is 11.6 Å². The topological polar surface area (TPSA) is 182 Å². The summed E-state index contributed by atoms with van der Waals surface area (Å²) < 4.78 is 13.8. The predicted molar refractivity (Wildman–Crippen MR) is 193 cm³/mol. The van der Waals surface area contributed by atoms with Crippen LogP contribution in [-0.2, 0) is 14.3 Å². The van der Waals surface area contributed by atoms with Crippen molar-refractivity contribution in [2.24, 2.45) is 74.0 Å². The van der Waals surface area contributed by atoms with Gasteiger partial charge in [-0.05, 0) is 96.7 Å². The summed E-state index contributed by atoms with van der Waals surface area (Å²) in [5, 5.41) is 20.3. The van der Waals surface area contributed by atoms with Gasteiger partial charge in [0, 0.05) is 11.0 Å². The number of fused-ring (bicyclic) bond motifs is 3. The highest BCUT2D eigenvalue weighted by atomic mass is 16.5. The fourth-order valence-electron chi connectivity index (χ4n) is 12.2. The number of aromatic nitrogens is 3. The van der Waals surface area contributed by atoms with Crippen LogP contribution in [0.5, 0.6) is 0 Å². The van der Waals surface area contributed by atoms with Gasteiger partial charge in [-0.15, -0.1) is 10.2 Å². The lowest BCUT2D eigenvalue weighted by atomic mass is 9.34. The summed E-state index contributed by atoms with van der Waals surface area (Å²) in [6, 6.07) is -0.354. The lowest BCUT2D eigenvalue weighted by molar-refractivity contribution is -0.255. The molecular formula is C39H64N6O5. The number of rotatable bonds is 9. The Morgan fingerprint density at radius 2 is 1.76 bits per heavy atom. The van der Waals surface area contributed by atoms with E-state index in [-0.39, 0.29) is 57.5 Å². The highest BCUT2D eigenvalue weighted by Gasteiger charge is 2.73. The molecule has 11 nitrogen and oxygen atoms in total. The number of hydrogen-bond donors (Lipinski definition) is 4. The molecule has 3 saturated carbocycles. The molecule has 1 saturated heterocycles. The lowest BCUT2D eigenvalue weighted by Gasteiger charge is -2.71. The molecule has 6 rings (SSSR count). The van der Waals surface area contributed by atoms with Crippen molar-refractivity contribution in [2.75, 3.05) is 25.6 Å². The van der Waals surface area contributed by atoms with Crippen LogP contribution in [0.25, 0.3) is 0 Å². The Labute approximate surface area is 298 Å². The summed E-state index contributed by atoms with van der Waals surface area (Å²) in [6.07, 6.45) is 7.17. The van der Waals surface area contributed by atoms with Crippen LogP contribution in [-0.4, -0.2) is 63.4 Å². The summed E-state index contributed by atoms with van der Waals surface area (Å²) >= 11 is 0. The van der Waals surface area contributed by atoms with Gasteiger partial charge in [0.25, 0.3) is 5.91 Å². The van der Waals surface area contributed by atoms with E-state index in [0.717, 1.165) is 25.7 Å². The fourth-order valence-corrected chi connectivity index (χ4v) is 12.2. The van der Waals surface area contributed by atoms with E-state index in [2.05, 4.69) is 78.6 Å². The smallest absolute Gasteiger partial charge is 0.307 e. The Balaban J connectivity index is 1.53. The number of carbonyl (C=O) groups is 2. The van der Waals surface area contributed by atoms with E-state index in [4.69, 9.17) is 26.7 Å². The SMILES string of the molecule is CC(C)[C@@H](C)[C@@]1(C)CC[C@]2(C)[C@H]3CC[C@@H]4[C@@]5(C)COC[C@@]4(C3=CC[C@@]2(C)[C@@H]1C(=O)O)[C@@H](OC[C@](C)(N)C(C)C)[C@H](n1nc(N)c(C(N)=O)n1)C5. The van der Waals surface area contributed by atoms with E-state index in [1.165, 1.54) is 5.57 Å². The third kappa shape index (κ3) is 5.06. The zero-order valence-electron chi connectivity index (χ0n) is 32.2. The minimum Gasteiger partial charge on any atom is -0.481 e. The molecule has 7 N–H and O–H groups in total. The molecular weight excluding hydrogens is 632 g/mol. The Morgan fingerprint density at radius 1 is 1.08 bits per heavy atom. The van der Waals surface area contributed by atoms with Gasteiger partial charge in [-0.25, -0.2) is 0 Å². The van der Waals surface area contributed by atoms with Gasteiger partial charge >= 0.3 is 5.97 Å². The van der Waals surface area contributed by atoms with Gasteiger partial charge in [0.1, 0.15) is 0 Å². The molecule has 1 amide bonds. The van der Waals surface area contributed by atoms with Gasteiger partial charge in [0.2, 0.25) is 0 Å². The summed E-state index contributed by atoms with van der Waals surface area (Å²) in [7, 11) is 0. The van der Waals surface area contributed by atoms with E-state index in [9.17, 15) is 14.7 Å². The van der Waals surface area contributed by atoms with Gasteiger partial charge in [0.15, 0.2) is 11.5 Å². The van der Waals surface area contributed by atoms with E-state index in [1.807, 2.05) is 6.92 Å². The molecule has 0 aromatic carbocycles. The van der Waals surface area contributed by atoms with Crippen molar-refractivity contribution in [3.05, 3.63) is 17.3 Å². The number of carboxylic acids is 1. The number of nitrogens with two attached hydrogens (primary N) is 3. The molecule has 2 bridgehead atoms. The van der Waals surface area contributed by atoms with Crippen LogP contribution in [0.1, 0.15) is 124 Å². The van der Waals surface area contributed by atoms with Crippen molar-refractivity contribution in [2.45, 2.75) is 125 Å². The van der Waals surface area contributed by atoms with Gasteiger partial charge in [-0.3, -0.25) is 9.59 Å². The Hall–Kier alpha value is -2.50. The van der Waals surface area contributed by atoms with Crippen molar-refractivity contribution in [1.29, 1.82) is 0 Å². The van der Waals surface area contributed by atoms with E-state index >= 15 is 0 Å². The summed E-state index contributed by atoms with van der Waals surface area (Å²) in [5.74, 6) is -0.638. The number of carboxylic acid groups (broad SMARTS) is 1. The number of amides is 1. The second-order valence-electron chi connectivity index (χ2n) is 19.2. The minimum atomic E-state index is -0.717. The van der Waals surface area contributed by atoms with Crippen LogP contribution in [0.2, 0.25) is 0 Å². The van der Waals surface area contributed by atoms with E-state index in [0.29, 0.717) is 38.6 Å². The maximum atomic E-state index is 13.5. The second-order valence-corrected chi connectivity index (χ2v) is 19.2. The largest absolute Gasteiger partial charge is 0.481 e. The zero-order valence-corrected chi connectivity index (χ0v) is 32.2. The number of nitrogens with zero attached hydrogens (tertiary/aromatic N) is 3. The Bertz CT molecular complexity index is 1550. The van der Waals surface area contributed by atoms with Crippen LogP contribution < -0.4 is 17.2 Å². The normalized spacial score (nSPS) is 42.9. The third-order valence-electron chi connectivity index (χ3n) is 16.1. The first-order valence-electron chi connectivity index (χ1n) is 19.0. The number of nitrogen functional groups attached to an aromatic ring is 1. The summed E-state index contributed by atoms with van der Waals surface area (Å²) in [6.45, 7) is 23.6. The summed E-state index contributed by atoms with van der Waals surface area (Å²) in [4.78, 5) is 27.4. The summed E-state index contributed by atoms with van der Waals surface area (Å²) in [5.41, 5.74) is 17.7. The van der Waals surface area contributed by atoms with Crippen LogP contribution in [0.4, 0.5) is 5.82 Å². The first-order valence-corrected chi connectivity index (χ1v) is 19.0. The number of allylic oxidation sites excluding steroid dienone is 1. The maximum absolute atomic E-state index is 13.5. The van der Waals surface area contributed by atoms with Gasteiger partial charge in [-0.2, -0.15) is 4.80 Å². The molecule has 1 aromatic rings. The number of hydrogen-bond acceptors (Lipinski definition) is 8. The monoisotopic (exact) mass is 696 g/mol. The second kappa shape index (κ2) is 12.0. The van der Waals surface area contributed by atoms with Crippen LogP contribution in [0.3, 0.4) is 0 Å². The Morgan fingerprint density at radius 3 is 2.34 bits per heavy atom. The molecule has 0 unspecified atom stereocenters.